The smallest absolute Gasteiger partial charge is 0.363 e. The number of nitrogens with zero attached hydrogens (tertiary/aromatic N) is 2. The Hall–Kier alpha value is -0.590. The van der Waals surface area contributed by atoms with Crippen molar-refractivity contribution in [3.8, 4) is 0 Å². The molecule has 8 heteroatoms. The van der Waals surface area contributed by atoms with Crippen LogP contribution in [0.15, 0.2) is 6.07 Å². The minimum atomic E-state index is -4.38. The number of halogens is 5. The van der Waals surface area contributed by atoms with Gasteiger partial charge in [-0.3, -0.25) is 0 Å². The van der Waals surface area contributed by atoms with Crippen LogP contribution in [0.1, 0.15) is 18.7 Å². The van der Waals surface area contributed by atoms with E-state index >= 15 is 0 Å². The van der Waals surface area contributed by atoms with Crippen LogP contribution in [0.2, 0.25) is 10.4 Å². The SMILES string of the molecule is CC(OCC(F)(F)F)c1cc(Cl)nc(Cl)n1. The van der Waals surface area contributed by atoms with Gasteiger partial charge in [-0.1, -0.05) is 11.6 Å². The number of hydrogen-bond acceptors (Lipinski definition) is 3. The van der Waals surface area contributed by atoms with Crippen molar-refractivity contribution in [1.29, 1.82) is 0 Å². The maximum absolute atomic E-state index is 11.9. The Labute approximate surface area is 99.5 Å². The van der Waals surface area contributed by atoms with Gasteiger partial charge in [-0.05, 0) is 24.6 Å². The van der Waals surface area contributed by atoms with Gasteiger partial charge in [-0.15, -0.1) is 0 Å². The molecular weight excluding hydrogens is 268 g/mol. The quantitative estimate of drug-likeness (QED) is 0.626. The number of hydrogen-bond donors (Lipinski definition) is 0. The molecule has 0 saturated carbocycles. The van der Waals surface area contributed by atoms with E-state index in [-0.39, 0.29) is 16.1 Å². The van der Waals surface area contributed by atoms with Gasteiger partial charge >= 0.3 is 6.18 Å². The summed E-state index contributed by atoms with van der Waals surface area (Å²) < 4.78 is 40.2. The van der Waals surface area contributed by atoms with Crippen molar-refractivity contribution < 1.29 is 17.9 Å². The number of rotatable bonds is 3. The summed E-state index contributed by atoms with van der Waals surface area (Å²) >= 11 is 11.1. The number of ether oxygens (including phenoxy) is 1. The summed E-state index contributed by atoms with van der Waals surface area (Å²) in [5.41, 5.74) is 0.203. The van der Waals surface area contributed by atoms with Crippen LogP contribution in [0.4, 0.5) is 13.2 Å². The molecule has 0 radical (unpaired) electrons. The minimum absolute atomic E-state index is 0.0532. The summed E-state index contributed by atoms with van der Waals surface area (Å²) in [6.07, 6.45) is -5.24. The fourth-order valence-corrected chi connectivity index (χ4v) is 1.34. The lowest BCUT2D eigenvalue weighted by Crippen LogP contribution is -2.18. The van der Waals surface area contributed by atoms with Crippen molar-refractivity contribution in [1.82, 2.24) is 9.97 Å². The molecule has 0 bridgehead atoms. The van der Waals surface area contributed by atoms with E-state index in [1.165, 1.54) is 13.0 Å². The first kappa shape index (κ1) is 13.5. The Balaban J connectivity index is 2.69. The highest BCUT2D eigenvalue weighted by Crippen LogP contribution is 2.23. The minimum Gasteiger partial charge on any atom is -0.363 e. The molecule has 0 saturated heterocycles. The zero-order valence-corrected chi connectivity index (χ0v) is 9.57. The Bertz CT molecular complexity index is 353. The average Bonchev–Trinajstić information content (AvgIpc) is 2.11. The highest BCUT2D eigenvalue weighted by atomic mass is 35.5. The summed E-state index contributed by atoms with van der Waals surface area (Å²) in [6.45, 7) is 0.0636. The third kappa shape index (κ3) is 4.51. The first-order valence-electron chi connectivity index (χ1n) is 4.16. The molecule has 0 spiro atoms. The van der Waals surface area contributed by atoms with E-state index in [0.717, 1.165) is 0 Å². The molecule has 1 rings (SSSR count). The topological polar surface area (TPSA) is 35.0 Å². The van der Waals surface area contributed by atoms with Crippen LogP contribution in [-0.2, 0) is 4.74 Å². The van der Waals surface area contributed by atoms with E-state index in [4.69, 9.17) is 23.2 Å². The van der Waals surface area contributed by atoms with Gasteiger partial charge in [0.1, 0.15) is 11.8 Å². The zero-order valence-electron chi connectivity index (χ0n) is 8.05. The second-order valence-electron chi connectivity index (χ2n) is 2.95. The van der Waals surface area contributed by atoms with Crippen LogP contribution in [0.5, 0.6) is 0 Å². The Morgan fingerprint density at radius 2 is 2.00 bits per heavy atom. The second-order valence-corrected chi connectivity index (χ2v) is 3.68. The van der Waals surface area contributed by atoms with E-state index in [9.17, 15) is 13.2 Å². The van der Waals surface area contributed by atoms with E-state index in [1.807, 2.05) is 0 Å². The highest BCUT2D eigenvalue weighted by Gasteiger charge is 2.29. The van der Waals surface area contributed by atoms with Crippen molar-refractivity contribution in [3.63, 3.8) is 0 Å². The molecule has 0 aliphatic carbocycles. The van der Waals surface area contributed by atoms with E-state index in [2.05, 4.69) is 14.7 Å². The van der Waals surface area contributed by atoms with Crippen molar-refractivity contribution in [2.24, 2.45) is 0 Å². The van der Waals surface area contributed by atoms with Crippen LogP contribution in [0.3, 0.4) is 0 Å². The Morgan fingerprint density at radius 3 is 2.50 bits per heavy atom. The molecular formula is C8H7Cl2F3N2O. The molecule has 1 unspecified atom stereocenters. The molecule has 1 aromatic heterocycles. The fraction of sp³-hybridized carbons (Fsp3) is 0.500. The third-order valence-electron chi connectivity index (χ3n) is 1.60. The lowest BCUT2D eigenvalue weighted by Gasteiger charge is -2.14. The first-order valence-corrected chi connectivity index (χ1v) is 4.92. The molecule has 0 aliphatic heterocycles. The van der Waals surface area contributed by atoms with Crippen molar-refractivity contribution in [3.05, 3.63) is 22.2 Å². The molecule has 0 amide bonds. The number of alkyl halides is 3. The predicted octanol–water partition coefficient (Wildman–Crippen LogP) is 3.42. The molecule has 1 atom stereocenters. The van der Waals surface area contributed by atoms with Crippen LogP contribution in [0.25, 0.3) is 0 Å². The van der Waals surface area contributed by atoms with Gasteiger partial charge < -0.3 is 4.74 Å². The third-order valence-corrected chi connectivity index (χ3v) is 1.96. The fourth-order valence-electron chi connectivity index (χ4n) is 0.919. The van der Waals surface area contributed by atoms with Crippen LogP contribution >= 0.6 is 23.2 Å². The maximum atomic E-state index is 11.9. The van der Waals surface area contributed by atoms with Crippen LogP contribution < -0.4 is 0 Å². The van der Waals surface area contributed by atoms with Gasteiger partial charge in [0.25, 0.3) is 0 Å². The Morgan fingerprint density at radius 1 is 1.38 bits per heavy atom. The molecule has 0 fully saturated rings. The summed E-state index contributed by atoms with van der Waals surface area (Å²) in [6, 6.07) is 1.30. The standard InChI is InChI=1S/C8H7Cl2F3N2O/c1-4(16-3-8(11,12)13)5-2-6(9)15-7(10)14-5/h2,4H,3H2,1H3. The van der Waals surface area contributed by atoms with E-state index < -0.39 is 18.9 Å². The maximum Gasteiger partial charge on any atom is 0.411 e. The lowest BCUT2D eigenvalue weighted by molar-refractivity contribution is -0.184. The van der Waals surface area contributed by atoms with Gasteiger partial charge in [0.2, 0.25) is 5.28 Å². The highest BCUT2D eigenvalue weighted by molar-refractivity contribution is 6.31. The molecule has 1 aromatic rings. The van der Waals surface area contributed by atoms with Gasteiger partial charge in [0.05, 0.1) is 11.8 Å². The molecule has 0 aliphatic rings. The molecule has 0 aromatic carbocycles. The van der Waals surface area contributed by atoms with E-state index in [0.29, 0.717) is 0 Å². The van der Waals surface area contributed by atoms with Crippen molar-refractivity contribution in [2.75, 3.05) is 6.61 Å². The van der Waals surface area contributed by atoms with Crippen molar-refractivity contribution >= 4 is 23.2 Å². The lowest BCUT2D eigenvalue weighted by atomic mass is 10.3. The average molecular weight is 275 g/mol. The second kappa shape index (κ2) is 5.16. The van der Waals surface area contributed by atoms with Gasteiger partial charge in [0.15, 0.2) is 0 Å². The van der Waals surface area contributed by atoms with E-state index in [1.54, 1.807) is 0 Å². The summed E-state index contributed by atoms with van der Waals surface area (Å²) in [5, 5.41) is -0.0811. The molecule has 90 valence electrons. The molecule has 0 N–H and O–H groups in total. The van der Waals surface area contributed by atoms with Gasteiger partial charge in [-0.2, -0.15) is 13.2 Å². The normalized spacial score (nSPS) is 13.9. The molecule has 3 nitrogen and oxygen atoms in total. The molecule has 1 heterocycles. The van der Waals surface area contributed by atoms with Crippen LogP contribution in [0, 0.1) is 0 Å². The van der Waals surface area contributed by atoms with Crippen molar-refractivity contribution in [2.45, 2.75) is 19.2 Å². The van der Waals surface area contributed by atoms with Gasteiger partial charge in [0, 0.05) is 0 Å². The number of aromatic nitrogens is 2. The summed E-state index contributed by atoms with van der Waals surface area (Å²) in [4.78, 5) is 7.28. The largest absolute Gasteiger partial charge is 0.411 e. The Kier molecular flexibility index (Phi) is 4.35. The molecule has 16 heavy (non-hydrogen) atoms. The summed E-state index contributed by atoms with van der Waals surface area (Å²) in [5.74, 6) is 0. The van der Waals surface area contributed by atoms with Gasteiger partial charge in [-0.25, -0.2) is 9.97 Å². The monoisotopic (exact) mass is 274 g/mol. The summed E-state index contributed by atoms with van der Waals surface area (Å²) in [7, 11) is 0. The predicted molar refractivity (Wildman–Crippen MR) is 52.5 cm³/mol. The van der Waals surface area contributed by atoms with Crippen LogP contribution in [-0.4, -0.2) is 22.8 Å². The zero-order chi connectivity index (χ0) is 12.3. The first-order chi connectivity index (χ1) is 7.28.